The van der Waals surface area contributed by atoms with E-state index < -0.39 is 34.3 Å². The monoisotopic (exact) mass is 241 g/mol. The zero-order valence-electron chi connectivity index (χ0n) is 8.63. The van der Waals surface area contributed by atoms with E-state index in [0.717, 1.165) is 19.4 Å². The minimum atomic E-state index is -1.38. The number of esters is 1. The lowest BCUT2D eigenvalue weighted by molar-refractivity contribution is 0.0602. The van der Waals surface area contributed by atoms with Crippen LogP contribution in [0.5, 0.6) is 0 Å². The van der Waals surface area contributed by atoms with Gasteiger partial charge < -0.3 is 4.74 Å². The molecule has 6 heteroatoms. The van der Waals surface area contributed by atoms with Crippen LogP contribution in [0, 0.1) is 17.5 Å². The highest BCUT2D eigenvalue weighted by molar-refractivity contribution is 6.03. The van der Waals surface area contributed by atoms with Crippen molar-refractivity contribution in [2.24, 2.45) is 0 Å². The minimum Gasteiger partial charge on any atom is -0.465 e. The first-order valence-electron chi connectivity index (χ1n) is 4.56. The van der Waals surface area contributed by atoms with E-state index in [-0.39, 0.29) is 5.56 Å². The minimum absolute atomic E-state index is 0.270. The maximum absolute atomic E-state index is 13.5. The predicted octanol–water partition coefficient (Wildman–Crippen LogP) is 2.44. The van der Waals surface area contributed by atoms with Gasteiger partial charge in [0.05, 0.1) is 18.1 Å². The molecule has 0 aliphatic rings. The molecular formula is C11H6F3NO2. The average molecular weight is 241 g/mol. The van der Waals surface area contributed by atoms with Crippen LogP contribution in [-0.2, 0) is 4.74 Å². The van der Waals surface area contributed by atoms with Gasteiger partial charge in [-0.05, 0) is 6.07 Å². The molecule has 0 radical (unpaired) electrons. The van der Waals surface area contributed by atoms with E-state index in [0.29, 0.717) is 6.07 Å². The molecule has 0 saturated heterocycles. The number of aromatic nitrogens is 1. The Morgan fingerprint density at radius 1 is 1.29 bits per heavy atom. The van der Waals surface area contributed by atoms with Gasteiger partial charge in [0.2, 0.25) is 0 Å². The summed E-state index contributed by atoms with van der Waals surface area (Å²) in [6, 6.07) is 1.52. The molecule has 0 saturated carbocycles. The van der Waals surface area contributed by atoms with Crippen LogP contribution >= 0.6 is 0 Å². The van der Waals surface area contributed by atoms with Gasteiger partial charge >= 0.3 is 5.97 Å². The largest absolute Gasteiger partial charge is 0.465 e. The summed E-state index contributed by atoms with van der Waals surface area (Å²) in [5, 5.41) is -0.517. The van der Waals surface area contributed by atoms with Gasteiger partial charge in [-0.3, -0.25) is 4.98 Å². The van der Waals surface area contributed by atoms with Crippen molar-refractivity contribution in [1.29, 1.82) is 0 Å². The third kappa shape index (κ3) is 1.71. The van der Waals surface area contributed by atoms with E-state index in [1.165, 1.54) is 0 Å². The first-order chi connectivity index (χ1) is 8.06. The van der Waals surface area contributed by atoms with Gasteiger partial charge in [0.25, 0.3) is 0 Å². The maximum Gasteiger partial charge on any atom is 0.338 e. The van der Waals surface area contributed by atoms with E-state index in [1.807, 2.05) is 0 Å². The summed E-state index contributed by atoms with van der Waals surface area (Å²) >= 11 is 0. The number of carbonyl (C=O) groups is 1. The van der Waals surface area contributed by atoms with Gasteiger partial charge in [0.1, 0.15) is 5.52 Å². The molecule has 1 aromatic heterocycles. The SMILES string of the molecule is COC(=O)c1ccnc2c(F)cc(F)c(F)c12. The Kier molecular flexibility index (Phi) is 2.71. The number of benzene rings is 1. The third-order valence-electron chi connectivity index (χ3n) is 2.27. The molecule has 0 bridgehead atoms. The fourth-order valence-electron chi connectivity index (χ4n) is 1.51. The Balaban J connectivity index is 2.92. The van der Waals surface area contributed by atoms with Crippen LogP contribution in [0.4, 0.5) is 13.2 Å². The van der Waals surface area contributed by atoms with Crippen LogP contribution in [0.15, 0.2) is 18.3 Å². The molecule has 17 heavy (non-hydrogen) atoms. The molecule has 0 N–H and O–H groups in total. The molecule has 1 aromatic carbocycles. The van der Waals surface area contributed by atoms with Crippen molar-refractivity contribution in [2.45, 2.75) is 0 Å². The number of halogens is 3. The number of fused-ring (bicyclic) bond motifs is 1. The lowest BCUT2D eigenvalue weighted by Crippen LogP contribution is -2.05. The second-order valence-electron chi connectivity index (χ2n) is 3.23. The number of carbonyl (C=O) groups excluding carboxylic acids is 1. The van der Waals surface area contributed by atoms with E-state index in [4.69, 9.17) is 0 Å². The summed E-state index contributed by atoms with van der Waals surface area (Å²) in [5.41, 5.74) is -0.680. The number of hydrogen-bond acceptors (Lipinski definition) is 3. The predicted molar refractivity (Wildman–Crippen MR) is 53.0 cm³/mol. The number of rotatable bonds is 1. The molecule has 0 aliphatic carbocycles. The Morgan fingerprint density at radius 3 is 2.65 bits per heavy atom. The van der Waals surface area contributed by atoms with Gasteiger partial charge in [-0.25, -0.2) is 18.0 Å². The molecule has 88 valence electrons. The highest BCUT2D eigenvalue weighted by atomic mass is 19.2. The molecule has 2 rings (SSSR count). The Hall–Kier alpha value is -2.11. The summed E-state index contributed by atoms with van der Waals surface area (Å²) < 4.78 is 44.4. The topological polar surface area (TPSA) is 39.2 Å². The molecule has 0 unspecified atom stereocenters. The summed E-state index contributed by atoms with van der Waals surface area (Å²) in [4.78, 5) is 14.9. The van der Waals surface area contributed by atoms with Crippen LogP contribution < -0.4 is 0 Å². The number of hydrogen-bond donors (Lipinski definition) is 0. The van der Waals surface area contributed by atoms with Crippen molar-refractivity contribution in [3.63, 3.8) is 0 Å². The van der Waals surface area contributed by atoms with Crippen LogP contribution in [-0.4, -0.2) is 18.1 Å². The number of methoxy groups -OCH3 is 1. The lowest BCUT2D eigenvalue weighted by Gasteiger charge is -2.06. The third-order valence-corrected chi connectivity index (χ3v) is 2.27. The van der Waals surface area contributed by atoms with Crippen LogP contribution in [0.2, 0.25) is 0 Å². The van der Waals surface area contributed by atoms with Crippen LogP contribution in [0.3, 0.4) is 0 Å². The summed E-state index contributed by atoms with van der Waals surface area (Å²) in [5.74, 6) is -4.63. The highest BCUT2D eigenvalue weighted by Gasteiger charge is 2.20. The first-order valence-corrected chi connectivity index (χ1v) is 4.56. The van der Waals surface area contributed by atoms with Crippen molar-refractivity contribution in [2.75, 3.05) is 7.11 Å². The van der Waals surface area contributed by atoms with Crippen LogP contribution in [0.1, 0.15) is 10.4 Å². The van der Waals surface area contributed by atoms with E-state index >= 15 is 0 Å². The fourth-order valence-corrected chi connectivity index (χ4v) is 1.51. The maximum atomic E-state index is 13.5. The van der Waals surface area contributed by atoms with Gasteiger partial charge in [-0.15, -0.1) is 0 Å². The number of pyridine rings is 1. The Bertz CT molecular complexity index is 613. The van der Waals surface area contributed by atoms with E-state index in [2.05, 4.69) is 9.72 Å². The van der Waals surface area contributed by atoms with Gasteiger partial charge in [-0.1, -0.05) is 0 Å². The molecule has 1 heterocycles. The number of ether oxygens (including phenoxy) is 1. The zero-order valence-corrected chi connectivity index (χ0v) is 8.63. The molecule has 0 aliphatic heterocycles. The Morgan fingerprint density at radius 2 is 2.00 bits per heavy atom. The number of nitrogens with zero attached hydrogens (tertiary/aromatic N) is 1. The van der Waals surface area contributed by atoms with Gasteiger partial charge in [-0.2, -0.15) is 0 Å². The fraction of sp³-hybridized carbons (Fsp3) is 0.0909. The molecule has 0 amide bonds. The summed E-state index contributed by atoms with van der Waals surface area (Å²) in [7, 11) is 1.09. The van der Waals surface area contributed by atoms with Crippen molar-refractivity contribution < 1.29 is 22.7 Å². The second-order valence-corrected chi connectivity index (χ2v) is 3.23. The Labute approximate surface area is 93.8 Å². The van der Waals surface area contributed by atoms with Crippen molar-refractivity contribution in [3.8, 4) is 0 Å². The first kappa shape index (κ1) is 11.4. The van der Waals surface area contributed by atoms with Gasteiger partial charge in [0.15, 0.2) is 17.5 Å². The van der Waals surface area contributed by atoms with Crippen molar-refractivity contribution >= 4 is 16.9 Å². The van der Waals surface area contributed by atoms with E-state index in [1.54, 1.807) is 0 Å². The smallest absolute Gasteiger partial charge is 0.338 e. The standard InChI is InChI=1S/C11H6F3NO2/c1-17-11(16)5-2-3-15-10-7(13)4-6(12)9(14)8(5)10/h2-4H,1H3. The highest BCUT2D eigenvalue weighted by Crippen LogP contribution is 2.25. The lowest BCUT2D eigenvalue weighted by atomic mass is 10.1. The summed E-state index contributed by atoms with van der Waals surface area (Å²) in [6.07, 6.45) is 1.12. The second kappa shape index (κ2) is 4.04. The molecule has 2 aromatic rings. The van der Waals surface area contributed by atoms with E-state index in [9.17, 15) is 18.0 Å². The molecule has 0 atom stereocenters. The normalized spacial score (nSPS) is 10.6. The summed E-state index contributed by atoms with van der Waals surface area (Å²) in [6.45, 7) is 0. The van der Waals surface area contributed by atoms with Crippen molar-refractivity contribution in [3.05, 3.63) is 41.3 Å². The van der Waals surface area contributed by atoms with Gasteiger partial charge in [0, 0.05) is 12.3 Å². The average Bonchev–Trinajstić information content (AvgIpc) is 2.34. The van der Waals surface area contributed by atoms with Crippen molar-refractivity contribution in [1.82, 2.24) is 4.98 Å². The quantitative estimate of drug-likeness (QED) is 0.568. The molecule has 0 spiro atoms. The molecular weight excluding hydrogens is 235 g/mol. The van der Waals surface area contributed by atoms with Crippen LogP contribution in [0.25, 0.3) is 10.9 Å². The molecule has 0 fully saturated rings. The molecule has 3 nitrogen and oxygen atoms in total. The zero-order chi connectivity index (χ0) is 12.6.